The molecule has 4 rings (SSSR count). The molecule has 2 aromatic rings. The maximum absolute atomic E-state index is 13.0. The number of carbonyl (C=O) groups excluding carboxylic acids is 3. The molecule has 0 unspecified atom stereocenters. The number of imide groups is 1. The van der Waals surface area contributed by atoms with Crippen LogP contribution in [0.3, 0.4) is 0 Å². The van der Waals surface area contributed by atoms with Crippen LogP contribution in [0.2, 0.25) is 0 Å². The van der Waals surface area contributed by atoms with E-state index in [0.29, 0.717) is 17.8 Å². The van der Waals surface area contributed by atoms with Gasteiger partial charge in [-0.1, -0.05) is 27.2 Å². The van der Waals surface area contributed by atoms with Gasteiger partial charge in [-0.05, 0) is 60.9 Å². The zero-order chi connectivity index (χ0) is 23.9. The van der Waals surface area contributed by atoms with Gasteiger partial charge in [0.05, 0.1) is 27.3 Å². The summed E-state index contributed by atoms with van der Waals surface area (Å²) < 4.78 is 5.88. The smallest absolute Gasteiger partial charge is 0.338 e. The molecule has 0 spiro atoms. The molecule has 0 N–H and O–H groups in total. The van der Waals surface area contributed by atoms with Crippen LogP contribution < -0.4 is 4.90 Å². The molecule has 8 heteroatoms. The van der Waals surface area contributed by atoms with Crippen molar-refractivity contribution < 1.29 is 24.0 Å². The van der Waals surface area contributed by atoms with Gasteiger partial charge in [0.2, 0.25) is 0 Å². The molecule has 172 valence electrons. The second-order valence-corrected chi connectivity index (χ2v) is 9.25. The number of esters is 1. The quantitative estimate of drug-likeness (QED) is 0.274. The molecule has 2 aliphatic rings. The fraction of sp³-hybridized carbons (Fsp3) is 0.400. The predicted molar refractivity (Wildman–Crippen MR) is 121 cm³/mol. The maximum atomic E-state index is 13.0. The lowest BCUT2D eigenvalue weighted by molar-refractivity contribution is -0.384. The Bertz CT molecular complexity index is 1120. The van der Waals surface area contributed by atoms with Crippen LogP contribution in [-0.4, -0.2) is 28.8 Å². The molecule has 1 fully saturated rings. The Morgan fingerprint density at radius 2 is 1.73 bits per heavy atom. The van der Waals surface area contributed by atoms with E-state index in [1.807, 2.05) is 0 Å². The third-order valence-electron chi connectivity index (χ3n) is 6.66. The highest BCUT2D eigenvalue weighted by atomic mass is 16.6. The van der Waals surface area contributed by atoms with Crippen LogP contribution in [0.25, 0.3) is 0 Å². The molecule has 1 saturated carbocycles. The van der Waals surface area contributed by atoms with Crippen molar-refractivity contribution in [3.63, 3.8) is 0 Å². The summed E-state index contributed by atoms with van der Waals surface area (Å²) >= 11 is 0. The molecule has 1 aliphatic heterocycles. The van der Waals surface area contributed by atoms with Crippen molar-refractivity contribution in [3.8, 4) is 0 Å². The van der Waals surface area contributed by atoms with Crippen LogP contribution in [0.4, 0.5) is 11.4 Å². The molecule has 0 aromatic heterocycles. The summed E-state index contributed by atoms with van der Waals surface area (Å²) in [7, 11) is 0. The van der Waals surface area contributed by atoms with Crippen LogP contribution in [0.1, 0.15) is 71.1 Å². The Labute approximate surface area is 191 Å². The molecule has 33 heavy (non-hydrogen) atoms. The van der Waals surface area contributed by atoms with Crippen LogP contribution in [0.15, 0.2) is 42.5 Å². The van der Waals surface area contributed by atoms with Crippen molar-refractivity contribution >= 4 is 29.2 Å². The number of fused-ring (bicyclic) bond motifs is 1. The van der Waals surface area contributed by atoms with Crippen molar-refractivity contribution in [1.82, 2.24) is 0 Å². The second-order valence-electron chi connectivity index (χ2n) is 9.25. The Hall–Kier alpha value is -3.55. The van der Waals surface area contributed by atoms with E-state index in [-0.39, 0.29) is 34.2 Å². The fourth-order valence-corrected chi connectivity index (χ4v) is 4.78. The number of ether oxygens (including phenoxy) is 1. The minimum Gasteiger partial charge on any atom is -0.458 e. The molecule has 1 aliphatic carbocycles. The standard InChI is InChI=1S/C25H26N2O6/c1-14(2)19-10-4-15(3)12-22(19)33-25(30)16-5-11-20-21(13-16)24(29)26(23(20)28)17-6-8-18(9-7-17)27(31)32/h5-9,11,13-15,19,22H,4,10,12H2,1-3H3/t15-,19+,22-/m1/s1. The average molecular weight is 450 g/mol. The predicted octanol–water partition coefficient (Wildman–Crippen LogP) is 5.01. The lowest BCUT2D eigenvalue weighted by Crippen LogP contribution is -2.35. The molecule has 8 nitrogen and oxygen atoms in total. The Balaban J connectivity index is 1.56. The molecule has 1 heterocycles. The molecular weight excluding hydrogens is 424 g/mol. The molecule has 0 bridgehead atoms. The fourth-order valence-electron chi connectivity index (χ4n) is 4.78. The zero-order valence-corrected chi connectivity index (χ0v) is 18.8. The van der Waals surface area contributed by atoms with E-state index in [1.165, 1.54) is 42.5 Å². The molecular formula is C25H26N2O6. The van der Waals surface area contributed by atoms with Crippen LogP contribution >= 0.6 is 0 Å². The topological polar surface area (TPSA) is 107 Å². The Morgan fingerprint density at radius 1 is 1.06 bits per heavy atom. The number of benzene rings is 2. The van der Waals surface area contributed by atoms with Gasteiger partial charge < -0.3 is 4.74 Å². The number of rotatable bonds is 5. The third-order valence-corrected chi connectivity index (χ3v) is 6.66. The van der Waals surface area contributed by atoms with Crippen molar-refractivity contribution in [2.75, 3.05) is 4.90 Å². The van der Waals surface area contributed by atoms with Crippen molar-refractivity contribution in [2.24, 2.45) is 17.8 Å². The number of non-ortho nitro benzene ring substituents is 1. The van der Waals surface area contributed by atoms with Gasteiger partial charge in [-0.3, -0.25) is 19.7 Å². The van der Waals surface area contributed by atoms with E-state index in [1.54, 1.807) is 0 Å². The number of anilines is 1. The minimum absolute atomic E-state index is 0.116. The molecule has 3 atom stereocenters. The first kappa shape index (κ1) is 22.6. The van der Waals surface area contributed by atoms with Gasteiger partial charge in [-0.25, -0.2) is 9.69 Å². The molecule has 0 radical (unpaired) electrons. The lowest BCUT2D eigenvalue weighted by atomic mass is 9.75. The Kier molecular flexibility index (Phi) is 6.01. The van der Waals surface area contributed by atoms with Crippen molar-refractivity contribution in [1.29, 1.82) is 0 Å². The number of hydrogen-bond acceptors (Lipinski definition) is 6. The van der Waals surface area contributed by atoms with Crippen molar-refractivity contribution in [2.45, 2.75) is 46.1 Å². The monoisotopic (exact) mass is 450 g/mol. The number of carbonyl (C=O) groups is 3. The van der Waals surface area contributed by atoms with Gasteiger partial charge in [0.15, 0.2) is 0 Å². The van der Waals surface area contributed by atoms with Gasteiger partial charge in [0.25, 0.3) is 17.5 Å². The first-order valence-electron chi connectivity index (χ1n) is 11.2. The van der Waals surface area contributed by atoms with Crippen LogP contribution in [-0.2, 0) is 4.74 Å². The number of nitro benzene ring substituents is 1. The van der Waals surface area contributed by atoms with E-state index in [2.05, 4.69) is 20.8 Å². The second kappa shape index (κ2) is 8.77. The summed E-state index contributed by atoms with van der Waals surface area (Å²) in [5, 5.41) is 10.9. The van der Waals surface area contributed by atoms with Gasteiger partial charge in [-0.15, -0.1) is 0 Å². The molecule has 2 aromatic carbocycles. The SMILES string of the molecule is CC(C)[C@@H]1CC[C@@H](C)C[C@H]1OC(=O)c1ccc2c(c1)C(=O)N(c1ccc([N+](=O)[O-])cc1)C2=O. The summed E-state index contributed by atoms with van der Waals surface area (Å²) in [5.41, 5.74) is 0.608. The van der Waals surface area contributed by atoms with E-state index in [0.717, 1.165) is 24.2 Å². The summed E-state index contributed by atoms with van der Waals surface area (Å²) in [6, 6.07) is 9.54. The van der Waals surface area contributed by atoms with Gasteiger partial charge >= 0.3 is 5.97 Å². The molecule has 2 amide bonds. The summed E-state index contributed by atoms with van der Waals surface area (Å²) in [4.78, 5) is 50.0. The summed E-state index contributed by atoms with van der Waals surface area (Å²) in [6.07, 6.45) is 2.76. The van der Waals surface area contributed by atoms with E-state index >= 15 is 0 Å². The average Bonchev–Trinajstić information content (AvgIpc) is 3.03. The van der Waals surface area contributed by atoms with Crippen LogP contribution in [0, 0.1) is 27.9 Å². The summed E-state index contributed by atoms with van der Waals surface area (Å²) in [6.45, 7) is 6.42. The highest BCUT2D eigenvalue weighted by Gasteiger charge is 2.38. The number of nitro groups is 1. The van der Waals surface area contributed by atoms with Gasteiger partial charge in [0.1, 0.15) is 6.10 Å². The molecule has 0 saturated heterocycles. The van der Waals surface area contributed by atoms with E-state index < -0.39 is 22.7 Å². The van der Waals surface area contributed by atoms with Gasteiger partial charge in [0, 0.05) is 12.1 Å². The zero-order valence-electron chi connectivity index (χ0n) is 18.8. The van der Waals surface area contributed by atoms with Crippen LogP contribution in [0.5, 0.6) is 0 Å². The van der Waals surface area contributed by atoms with E-state index in [9.17, 15) is 24.5 Å². The number of amides is 2. The number of nitrogens with zero attached hydrogens (tertiary/aromatic N) is 2. The highest BCUT2D eigenvalue weighted by Crippen LogP contribution is 2.36. The normalized spacial score (nSPS) is 22.4. The Morgan fingerprint density at radius 3 is 2.36 bits per heavy atom. The third kappa shape index (κ3) is 4.25. The van der Waals surface area contributed by atoms with Gasteiger partial charge in [-0.2, -0.15) is 0 Å². The largest absolute Gasteiger partial charge is 0.458 e. The van der Waals surface area contributed by atoms with Crippen molar-refractivity contribution in [3.05, 3.63) is 69.3 Å². The number of hydrogen-bond donors (Lipinski definition) is 0. The summed E-state index contributed by atoms with van der Waals surface area (Å²) in [5.74, 6) is -0.455. The highest BCUT2D eigenvalue weighted by molar-refractivity contribution is 6.34. The first-order chi connectivity index (χ1) is 15.7. The lowest BCUT2D eigenvalue weighted by Gasteiger charge is -2.36. The first-order valence-corrected chi connectivity index (χ1v) is 11.2. The maximum Gasteiger partial charge on any atom is 0.338 e. The minimum atomic E-state index is -0.579. The van der Waals surface area contributed by atoms with E-state index in [4.69, 9.17) is 4.74 Å².